The summed E-state index contributed by atoms with van der Waals surface area (Å²) in [5.74, 6) is 0.296. The second kappa shape index (κ2) is 8.83. The quantitative estimate of drug-likeness (QED) is 0.624. The molecule has 8 heteroatoms. The fourth-order valence-electron chi connectivity index (χ4n) is 4.20. The maximum atomic E-state index is 12.7. The molecule has 2 saturated heterocycles. The Kier molecular flexibility index (Phi) is 6.17. The van der Waals surface area contributed by atoms with Crippen molar-refractivity contribution in [2.75, 3.05) is 36.0 Å². The lowest BCUT2D eigenvalue weighted by molar-refractivity contribution is 0.282. The van der Waals surface area contributed by atoms with Crippen LogP contribution >= 0.6 is 0 Å². The predicted molar refractivity (Wildman–Crippen MR) is 117 cm³/mol. The Morgan fingerprint density at radius 1 is 0.833 bits per heavy atom. The first-order valence-corrected chi connectivity index (χ1v) is 12.0. The monoisotopic (exact) mass is 431 g/mol. The Hall–Kier alpha value is -2.29. The number of phenolic OH excluding ortho intramolecular Hbond substituents is 1. The third-order valence-corrected chi connectivity index (χ3v) is 7.32. The number of phenols is 1. The molecule has 2 heterocycles. The van der Waals surface area contributed by atoms with Crippen molar-refractivity contribution in [1.82, 2.24) is 4.72 Å². The molecule has 3 N–H and O–H groups in total. The van der Waals surface area contributed by atoms with Gasteiger partial charge < -0.3 is 20.0 Å². The van der Waals surface area contributed by atoms with Gasteiger partial charge >= 0.3 is 0 Å². The van der Waals surface area contributed by atoms with Gasteiger partial charge in [0.25, 0.3) is 0 Å². The number of nitrogens with one attached hydrogen (secondary N) is 1. The standard InChI is InChI=1S/C22H29N3O4S/c26-16-17-5-7-19(8-6-17)30(28,29)23-15-18-13-20(24-9-1-2-10-24)22(27)21(14-18)25-11-3-4-12-25/h5-8,13-14,23,26-27H,1-4,9-12,15-16H2. The Morgan fingerprint density at radius 3 is 1.80 bits per heavy atom. The number of rotatable bonds is 7. The molecule has 0 aliphatic carbocycles. The summed E-state index contributed by atoms with van der Waals surface area (Å²) in [6.07, 6.45) is 4.39. The van der Waals surface area contributed by atoms with E-state index in [9.17, 15) is 13.5 Å². The second-order valence-corrected chi connectivity index (χ2v) is 9.76. The van der Waals surface area contributed by atoms with Crippen molar-refractivity contribution >= 4 is 21.4 Å². The van der Waals surface area contributed by atoms with E-state index in [2.05, 4.69) is 14.5 Å². The van der Waals surface area contributed by atoms with Crippen molar-refractivity contribution < 1.29 is 18.6 Å². The summed E-state index contributed by atoms with van der Waals surface area (Å²) in [7, 11) is -3.68. The molecule has 2 fully saturated rings. The molecular weight excluding hydrogens is 402 g/mol. The molecule has 4 rings (SSSR count). The van der Waals surface area contributed by atoms with Crippen LogP contribution in [0.25, 0.3) is 0 Å². The first-order chi connectivity index (χ1) is 14.5. The van der Waals surface area contributed by atoms with Crippen LogP contribution in [-0.2, 0) is 23.2 Å². The summed E-state index contributed by atoms with van der Waals surface area (Å²) in [5, 5.41) is 20.1. The molecule has 0 unspecified atom stereocenters. The number of anilines is 2. The van der Waals surface area contributed by atoms with Gasteiger partial charge in [0.1, 0.15) is 0 Å². The number of benzene rings is 2. The van der Waals surface area contributed by atoms with Crippen molar-refractivity contribution in [3.05, 3.63) is 47.5 Å². The van der Waals surface area contributed by atoms with E-state index in [1.807, 2.05) is 12.1 Å². The Labute approximate surface area is 178 Å². The fourth-order valence-corrected chi connectivity index (χ4v) is 5.21. The van der Waals surface area contributed by atoms with E-state index in [0.717, 1.165) is 68.8 Å². The lowest BCUT2D eigenvalue weighted by Gasteiger charge is -2.26. The SMILES string of the molecule is O=S(=O)(NCc1cc(N2CCCC2)c(O)c(N2CCCC2)c1)c1ccc(CO)cc1. The van der Waals surface area contributed by atoms with E-state index >= 15 is 0 Å². The normalized spacial score (nSPS) is 17.1. The summed E-state index contributed by atoms with van der Waals surface area (Å²) in [4.78, 5) is 4.53. The third-order valence-electron chi connectivity index (χ3n) is 5.91. The van der Waals surface area contributed by atoms with Gasteiger partial charge in [0, 0.05) is 32.7 Å². The molecule has 162 valence electrons. The highest BCUT2D eigenvalue weighted by molar-refractivity contribution is 7.89. The molecule has 0 bridgehead atoms. The molecule has 2 aromatic carbocycles. The van der Waals surface area contributed by atoms with Gasteiger partial charge in [-0.15, -0.1) is 0 Å². The van der Waals surface area contributed by atoms with Crippen molar-refractivity contribution in [2.24, 2.45) is 0 Å². The van der Waals surface area contributed by atoms with E-state index in [1.165, 1.54) is 12.1 Å². The zero-order chi connectivity index (χ0) is 21.1. The smallest absolute Gasteiger partial charge is 0.240 e. The van der Waals surface area contributed by atoms with E-state index in [4.69, 9.17) is 5.11 Å². The van der Waals surface area contributed by atoms with E-state index in [1.54, 1.807) is 12.1 Å². The minimum absolute atomic E-state index is 0.125. The van der Waals surface area contributed by atoms with Gasteiger partial charge in [-0.05, 0) is 61.1 Å². The fraction of sp³-hybridized carbons (Fsp3) is 0.455. The molecule has 0 spiro atoms. The number of hydrogen-bond donors (Lipinski definition) is 3. The molecule has 0 radical (unpaired) electrons. The first kappa shape index (κ1) is 21.0. The van der Waals surface area contributed by atoms with Crippen LogP contribution in [0.2, 0.25) is 0 Å². The van der Waals surface area contributed by atoms with Crippen molar-refractivity contribution in [1.29, 1.82) is 0 Å². The minimum atomic E-state index is -3.68. The summed E-state index contributed by atoms with van der Waals surface area (Å²) in [6, 6.07) is 10.00. The maximum Gasteiger partial charge on any atom is 0.240 e. The zero-order valence-corrected chi connectivity index (χ0v) is 17.9. The van der Waals surface area contributed by atoms with Crippen LogP contribution in [0.15, 0.2) is 41.3 Å². The Bertz CT molecular complexity index is 943. The van der Waals surface area contributed by atoms with Crippen LogP contribution in [0.3, 0.4) is 0 Å². The lowest BCUT2D eigenvalue weighted by Crippen LogP contribution is -2.25. The van der Waals surface area contributed by atoms with Crippen LogP contribution in [0.4, 0.5) is 11.4 Å². The Morgan fingerprint density at radius 2 is 1.33 bits per heavy atom. The van der Waals surface area contributed by atoms with E-state index in [0.29, 0.717) is 11.3 Å². The largest absolute Gasteiger partial charge is 0.504 e. The van der Waals surface area contributed by atoms with E-state index in [-0.39, 0.29) is 18.0 Å². The van der Waals surface area contributed by atoms with Gasteiger partial charge in [-0.25, -0.2) is 13.1 Å². The first-order valence-electron chi connectivity index (χ1n) is 10.5. The zero-order valence-electron chi connectivity index (χ0n) is 17.0. The molecule has 2 aliphatic heterocycles. The van der Waals surface area contributed by atoms with Crippen LogP contribution in [0.5, 0.6) is 5.75 Å². The van der Waals surface area contributed by atoms with Gasteiger partial charge in [0.05, 0.1) is 22.9 Å². The molecular formula is C22H29N3O4S. The third kappa shape index (κ3) is 4.40. The molecule has 2 aromatic rings. The van der Waals surface area contributed by atoms with Crippen molar-refractivity contribution in [3.63, 3.8) is 0 Å². The molecule has 0 atom stereocenters. The number of aliphatic hydroxyl groups excluding tert-OH is 1. The summed E-state index contributed by atoms with van der Waals surface area (Å²) in [6.45, 7) is 3.63. The number of sulfonamides is 1. The molecule has 0 saturated carbocycles. The van der Waals surface area contributed by atoms with Crippen LogP contribution in [0.1, 0.15) is 36.8 Å². The molecule has 7 nitrogen and oxygen atoms in total. The predicted octanol–water partition coefficient (Wildman–Crippen LogP) is 2.56. The molecule has 0 amide bonds. The maximum absolute atomic E-state index is 12.7. The molecule has 0 aromatic heterocycles. The number of nitrogens with zero attached hydrogens (tertiary/aromatic N) is 2. The van der Waals surface area contributed by atoms with E-state index < -0.39 is 10.0 Å². The molecule has 30 heavy (non-hydrogen) atoms. The number of aromatic hydroxyl groups is 1. The van der Waals surface area contributed by atoms with Crippen LogP contribution < -0.4 is 14.5 Å². The van der Waals surface area contributed by atoms with Crippen LogP contribution in [0, 0.1) is 0 Å². The second-order valence-electron chi connectivity index (χ2n) is 8.00. The highest BCUT2D eigenvalue weighted by Gasteiger charge is 2.24. The van der Waals surface area contributed by atoms with Gasteiger partial charge in [0.2, 0.25) is 10.0 Å². The number of hydrogen-bond acceptors (Lipinski definition) is 6. The van der Waals surface area contributed by atoms with Gasteiger partial charge in [-0.3, -0.25) is 0 Å². The summed E-state index contributed by atoms with van der Waals surface area (Å²) in [5.41, 5.74) is 3.07. The van der Waals surface area contributed by atoms with Crippen molar-refractivity contribution in [3.8, 4) is 5.75 Å². The van der Waals surface area contributed by atoms with Gasteiger partial charge in [-0.2, -0.15) is 0 Å². The Balaban J connectivity index is 1.59. The van der Waals surface area contributed by atoms with Gasteiger partial charge in [-0.1, -0.05) is 12.1 Å². The average molecular weight is 432 g/mol. The topological polar surface area (TPSA) is 93.1 Å². The average Bonchev–Trinajstić information content (AvgIpc) is 3.47. The molecule has 2 aliphatic rings. The minimum Gasteiger partial charge on any atom is -0.504 e. The highest BCUT2D eigenvalue weighted by atomic mass is 32.2. The van der Waals surface area contributed by atoms with Crippen LogP contribution in [-0.4, -0.2) is 44.8 Å². The number of aliphatic hydroxyl groups is 1. The lowest BCUT2D eigenvalue weighted by atomic mass is 10.1. The summed E-state index contributed by atoms with van der Waals surface area (Å²) >= 11 is 0. The summed E-state index contributed by atoms with van der Waals surface area (Å²) < 4.78 is 28.1. The van der Waals surface area contributed by atoms with Gasteiger partial charge in [0.15, 0.2) is 5.75 Å². The highest BCUT2D eigenvalue weighted by Crippen LogP contribution is 2.41. The van der Waals surface area contributed by atoms with Crippen molar-refractivity contribution in [2.45, 2.75) is 43.7 Å².